The van der Waals surface area contributed by atoms with Crippen LogP contribution in [0.5, 0.6) is 5.75 Å². The molecule has 7 nitrogen and oxygen atoms in total. The number of nitrogens with zero attached hydrogens (tertiary/aromatic N) is 1. The molecule has 0 bridgehead atoms. The maximum Gasteiger partial charge on any atom is 0.247 e. The molecule has 3 N–H and O–H groups in total. The molecular formula is C27H32ClIN2O5. The fourth-order valence-corrected chi connectivity index (χ4v) is 4.76. The number of halogens is 2. The van der Waals surface area contributed by atoms with Gasteiger partial charge < -0.3 is 25.2 Å². The first-order valence-corrected chi connectivity index (χ1v) is 13.5. The molecule has 1 aliphatic rings. The molecule has 3 rings (SSSR count). The number of unbranched alkanes of at least 4 members (excludes halogenated alkanes) is 1. The number of carbonyl (C=O) groups is 2. The van der Waals surface area contributed by atoms with Gasteiger partial charge in [-0.05, 0) is 64.9 Å². The second-order valence-electron chi connectivity index (χ2n) is 8.70. The topological polar surface area (TPSA) is 99.1 Å². The van der Waals surface area contributed by atoms with E-state index in [1.807, 2.05) is 37.3 Å². The number of hydrogen-bond acceptors (Lipinski definition) is 5. The van der Waals surface area contributed by atoms with Crippen LogP contribution in [0.1, 0.15) is 38.2 Å². The van der Waals surface area contributed by atoms with E-state index in [9.17, 15) is 14.7 Å². The summed E-state index contributed by atoms with van der Waals surface area (Å²) in [7, 11) is 0. The Morgan fingerprint density at radius 2 is 1.92 bits per heavy atom. The molecule has 194 valence electrons. The van der Waals surface area contributed by atoms with E-state index in [4.69, 9.17) is 21.4 Å². The summed E-state index contributed by atoms with van der Waals surface area (Å²) < 4.78 is 7.03. The molecule has 0 saturated heterocycles. The van der Waals surface area contributed by atoms with E-state index < -0.39 is 18.2 Å². The highest BCUT2D eigenvalue weighted by atomic mass is 127. The van der Waals surface area contributed by atoms with Crippen molar-refractivity contribution >= 4 is 46.0 Å². The lowest BCUT2D eigenvalue weighted by Gasteiger charge is -2.40. The molecule has 3 atom stereocenters. The van der Waals surface area contributed by atoms with Gasteiger partial charge in [0.05, 0.1) is 16.2 Å². The van der Waals surface area contributed by atoms with Gasteiger partial charge in [0.25, 0.3) is 0 Å². The summed E-state index contributed by atoms with van der Waals surface area (Å²) in [5.41, 5.74) is 1.27. The normalized spacial score (nSPS) is 19.4. The average Bonchev–Trinajstić information content (AvgIpc) is 2.88. The van der Waals surface area contributed by atoms with Crippen molar-refractivity contribution in [1.29, 1.82) is 0 Å². The second kappa shape index (κ2) is 14.0. The van der Waals surface area contributed by atoms with Gasteiger partial charge in [0.2, 0.25) is 11.8 Å². The molecule has 0 aromatic heterocycles. The summed E-state index contributed by atoms with van der Waals surface area (Å²) in [4.78, 5) is 27.9. The molecule has 2 aromatic carbocycles. The minimum absolute atomic E-state index is 0.0964. The number of rotatable bonds is 11. The van der Waals surface area contributed by atoms with E-state index >= 15 is 0 Å². The van der Waals surface area contributed by atoms with Crippen molar-refractivity contribution in [3.05, 3.63) is 74.3 Å². The lowest BCUT2D eigenvalue weighted by molar-refractivity contribution is -0.139. The first kappa shape index (κ1) is 28.4. The summed E-state index contributed by atoms with van der Waals surface area (Å²) in [6, 6.07) is 14.0. The quantitative estimate of drug-likeness (QED) is 0.327. The fourth-order valence-electron chi connectivity index (χ4n) is 4.11. The van der Waals surface area contributed by atoms with Crippen LogP contribution in [0.4, 0.5) is 0 Å². The molecular weight excluding hydrogens is 595 g/mol. The number of hydrogen-bond donors (Lipinski definition) is 3. The Kier molecular flexibility index (Phi) is 11.0. The highest BCUT2D eigenvalue weighted by Gasteiger charge is 2.40. The third kappa shape index (κ3) is 7.68. The average molecular weight is 627 g/mol. The van der Waals surface area contributed by atoms with Gasteiger partial charge in [0.1, 0.15) is 18.0 Å². The van der Waals surface area contributed by atoms with Crippen molar-refractivity contribution in [2.45, 2.75) is 57.4 Å². The highest BCUT2D eigenvalue weighted by Crippen LogP contribution is 2.31. The first-order valence-electron chi connectivity index (χ1n) is 12.1. The Labute approximate surface area is 230 Å². The van der Waals surface area contributed by atoms with E-state index in [0.717, 1.165) is 22.0 Å². The van der Waals surface area contributed by atoms with Crippen LogP contribution in [0.25, 0.3) is 0 Å². The number of benzene rings is 2. The molecule has 1 aliphatic carbocycles. The fraction of sp³-hybridized carbons (Fsp3) is 0.407. The zero-order valence-corrected chi connectivity index (χ0v) is 23.1. The summed E-state index contributed by atoms with van der Waals surface area (Å²) >= 11 is 8.20. The first-order chi connectivity index (χ1) is 17.3. The minimum atomic E-state index is -1.06. The van der Waals surface area contributed by atoms with Gasteiger partial charge in [-0.25, -0.2) is 0 Å². The number of amides is 2. The Bertz CT molecular complexity index is 1060. The molecule has 0 spiro atoms. The molecule has 0 radical (unpaired) electrons. The number of nitrogens with one attached hydrogen (secondary N) is 1. The minimum Gasteiger partial charge on any atom is -0.482 e. The van der Waals surface area contributed by atoms with Crippen LogP contribution in [-0.2, 0) is 16.1 Å². The van der Waals surface area contributed by atoms with Crippen LogP contribution in [0, 0.1) is 3.57 Å². The van der Waals surface area contributed by atoms with Crippen molar-refractivity contribution in [3.8, 4) is 5.75 Å². The predicted octanol–water partition coefficient (Wildman–Crippen LogP) is 4.08. The van der Waals surface area contributed by atoms with Gasteiger partial charge in [-0.15, -0.1) is 0 Å². The highest BCUT2D eigenvalue weighted by molar-refractivity contribution is 14.1. The second-order valence-corrected chi connectivity index (χ2v) is 10.3. The van der Waals surface area contributed by atoms with E-state index in [-0.39, 0.29) is 37.9 Å². The third-order valence-corrected chi connectivity index (χ3v) is 7.19. The number of ether oxygens (including phenoxy) is 1. The van der Waals surface area contributed by atoms with Crippen LogP contribution in [0.2, 0.25) is 5.02 Å². The Morgan fingerprint density at radius 1 is 1.19 bits per heavy atom. The summed E-state index contributed by atoms with van der Waals surface area (Å²) in [6.45, 7) is 2.20. The number of aliphatic hydroxyl groups is 2. The Balaban J connectivity index is 1.96. The molecule has 0 heterocycles. The number of para-hydroxylation sites is 1. The molecule has 0 unspecified atom stereocenters. The van der Waals surface area contributed by atoms with Crippen LogP contribution in [-0.4, -0.2) is 58.3 Å². The maximum atomic E-state index is 13.4. The van der Waals surface area contributed by atoms with Gasteiger partial charge >= 0.3 is 0 Å². The standard InChI is InChI=1S/C27H32ClIN2O5/c1-2-3-8-25(33)31(17-18-9-11-20(28)12-10-18)22-15-19(27(35)30-13-14-32)16-24(26(22)34)36-23-7-5-4-6-21(23)29/h4-7,9-12,16,22,24,26,32,34H,2-3,8,13-15,17H2,1H3,(H,30,35)/t22-,24+,26+/m1/s1. The summed E-state index contributed by atoms with van der Waals surface area (Å²) in [5.74, 6) is 0.126. The van der Waals surface area contributed by atoms with Crippen LogP contribution < -0.4 is 10.1 Å². The predicted molar refractivity (Wildman–Crippen MR) is 148 cm³/mol. The van der Waals surface area contributed by atoms with E-state index in [2.05, 4.69) is 27.9 Å². The van der Waals surface area contributed by atoms with Gasteiger partial charge in [-0.2, -0.15) is 0 Å². The molecule has 0 aliphatic heterocycles. The lowest BCUT2D eigenvalue weighted by Crippen LogP contribution is -2.54. The molecule has 0 fully saturated rings. The van der Waals surface area contributed by atoms with Crippen molar-refractivity contribution in [2.75, 3.05) is 13.2 Å². The maximum absolute atomic E-state index is 13.4. The van der Waals surface area contributed by atoms with Crippen molar-refractivity contribution in [1.82, 2.24) is 10.2 Å². The SMILES string of the molecule is CCCCC(=O)N(Cc1ccc(Cl)cc1)[C@@H]1CC(C(=O)NCCO)=C[C@H](Oc2ccccc2I)[C@H]1O. The largest absolute Gasteiger partial charge is 0.482 e. The number of carbonyl (C=O) groups excluding carboxylic acids is 2. The van der Waals surface area contributed by atoms with Crippen LogP contribution >= 0.6 is 34.2 Å². The Morgan fingerprint density at radius 3 is 2.58 bits per heavy atom. The van der Waals surface area contributed by atoms with Crippen LogP contribution in [0.15, 0.2) is 60.2 Å². The summed E-state index contributed by atoms with van der Waals surface area (Å²) in [6.07, 6.45) is 1.80. The smallest absolute Gasteiger partial charge is 0.247 e. The summed E-state index contributed by atoms with van der Waals surface area (Å²) in [5, 5.41) is 23.9. The van der Waals surface area contributed by atoms with E-state index in [1.165, 1.54) is 0 Å². The third-order valence-electron chi connectivity index (χ3n) is 6.05. The van der Waals surface area contributed by atoms with E-state index in [1.54, 1.807) is 29.2 Å². The molecule has 9 heteroatoms. The zero-order valence-electron chi connectivity index (χ0n) is 20.2. The van der Waals surface area contributed by atoms with Gasteiger partial charge in [-0.1, -0.05) is 49.2 Å². The Hall–Kier alpha value is -2.14. The van der Waals surface area contributed by atoms with E-state index in [0.29, 0.717) is 22.8 Å². The molecule has 36 heavy (non-hydrogen) atoms. The monoisotopic (exact) mass is 626 g/mol. The number of aliphatic hydroxyl groups excluding tert-OH is 2. The molecule has 0 saturated carbocycles. The molecule has 2 aromatic rings. The van der Waals surface area contributed by atoms with Crippen molar-refractivity contribution in [2.24, 2.45) is 0 Å². The van der Waals surface area contributed by atoms with Gasteiger partial charge in [-0.3, -0.25) is 9.59 Å². The lowest BCUT2D eigenvalue weighted by atomic mass is 9.87. The zero-order chi connectivity index (χ0) is 26.1. The van der Waals surface area contributed by atoms with Gasteiger partial charge in [0.15, 0.2) is 0 Å². The van der Waals surface area contributed by atoms with Crippen molar-refractivity contribution in [3.63, 3.8) is 0 Å². The van der Waals surface area contributed by atoms with Crippen LogP contribution in [0.3, 0.4) is 0 Å². The van der Waals surface area contributed by atoms with Gasteiger partial charge in [0, 0.05) is 36.5 Å². The molecule has 2 amide bonds. The van der Waals surface area contributed by atoms with Crippen molar-refractivity contribution < 1.29 is 24.5 Å².